The smallest absolute Gasteiger partial charge is 0.261 e. The van der Waals surface area contributed by atoms with E-state index in [-0.39, 0.29) is 4.90 Å². The van der Waals surface area contributed by atoms with E-state index in [0.29, 0.717) is 11.6 Å². The average Bonchev–Trinajstić information content (AvgIpc) is 3.05. The van der Waals surface area contributed by atoms with Crippen molar-refractivity contribution in [2.75, 3.05) is 24.4 Å². The van der Waals surface area contributed by atoms with Crippen molar-refractivity contribution in [1.29, 1.82) is 0 Å². The lowest BCUT2D eigenvalue weighted by molar-refractivity contribution is 0.335. The Labute approximate surface area is 150 Å². The number of sulfonamides is 1. The number of rotatable bonds is 6. The number of likely N-dealkylation sites (tertiary alicyclic amines) is 1. The number of nitrogens with zero attached hydrogens (tertiary/aromatic N) is 1. The number of hydrogen-bond donors (Lipinski definition) is 1. The van der Waals surface area contributed by atoms with Crippen LogP contribution in [0.4, 0.5) is 5.69 Å². The molecule has 0 aliphatic carbocycles. The van der Waals surface area contributed by atoms with Gasteiger partial charge in [0.2, 0.25) is 0 Å². The van der Waals surface area contributed by atoms with Gasteiger partial charge in [-0.25, -0.2) is 8.42 Å². The predicted octanol–water partition coefficient (Wildman–Crippen LogP) is 4.00. The van der Waals surface area contributed by atoms with E-state index in [0.717, 1.165) is 25.2 Å². The van der Waals surface area contributed by atoms with E-state index in [4.69, 9.17) is 0 Å². The maximum absolute atomic E-state index is 12.5. The molecular formula is C20H26N2O2S. The molecule has 0 amide bonds. The zero-order chi connectivity index (χ0) is 17.9. The summed E-state index contributed by atoms with van der Waals surface area (Å²) in [4.78, 5) is 2.78. The van der Waals surface area contributed by atoms with Crippen molar-refractivity contribution in [2.45, 2.75) is 37.5 Å². The molecule has 2 aromatic carbocycles. The minimum Gasteiger partial charge on any atom is -0.303 e. The molecule has 1 N–H and O–H groups in total. The third-order valence-corrected chi connectivity index (χ3v) is 6.17. The van der Waals surface area contributed by atoms with E-state index < -0.39 is 10.0 Å². The monoisotopic (exact) mass is 358 g/mol. The number of anilines is 1. The number of nitrogens with one attached hydrogen (secondary N) is 1. The molecule has 1 fully saturated rings. The first-order chi connectivity index (χ1) is 12.0. The van der Waals surface area contributed by atoms with Gasteiger partial charge in [-0.2, -0.15) is 0 Å². The standard InChI is InChI=1S/C20H26N2O2S/c1-3-13-22-14-12-18(15-22)17-6-8-19(9-7-17)21-25(23,24)20-10-4-16(2)5-11-20/h4-11,18,21H,3,12-15H2,1-2H3. The molecule has 134 valence electrons. The number of aryl methyl sites for hydroxylation is 1. The Morgan fingerprint density at radius 1 is 1.08 bits per heavy atom. The first-order valence-corrected chi connectivity index (χ1v) is 10.4. The highest BCUT2D eigenvalue weighted by Crippen LogP contribution is 2.28. The van der Waals surface area contributed by atoms with Crippen LogP contribution < -0.4 is 4.72 Å². The zero-order valence-electron chi connectivity index (χ0n) is 14.9. The Kier molecular flexibility index (Phi) is 5.45. The van der Waals surface area contributed by atoms with Gasteiger partial charge < -0.3 is 4.90 Å². The summed E-state index contributed by atoms with van der Waals surface area (Å²) in [6.45, 7) is 7.56. The Balaban J connectivity index is 1.67. The fourth-order valence-corrected chi connectivity index (χ4v) is 4.44. The first kappa shape index (κ1) is 18.0. The highest BCUT2D eigenvalue weighted by molar-refractivity contribution is 7.92. The summed E-state index contributed by atoms with van der Waals surface area (Å²) in [5.74, 6) is 0.550. The SMILES string of the molecule is CCCN1CCC(c2ccc(NS(=O)(=O)c3ccc(C)cc3)cc2)C1. The van der Waals surface area contributed by atoms with Gasteiger partial charge in [-0.05, 0) is 68.6 Å². The van der Waals surface area contributed by atoms with E-state index in [1.807, 2.05) is 31.2 Å². The molecule has 1 saturated heterocycles. The number of hydrogen-bond acceptors (Lipinski definition) is 3. The minimum absolute atomic E-state index is 0.285. The van der Waals surface area contributed by atoms with Crippen LogP contribution >= 0.6 is 0 Å². The molecule has 0 radical (unpaired) electrons. The largest absolute Gasteiger partial charge is 0.303 e. The molecule has 3 rings (SSSR count). The average molecular weight is 359 g/mol. The second kappa shape index (κ2) is 7.58. The summed E-state index contributed by atoms with van der Waals surface area (Å²) in [7, 11) is -3.54. The molecule has 5 heteroatoms. The van der Waals surface area contributed by atoms with Gasteiger partial charge >= 0.3 is 0 Å². The molecule has 1 aliphatic rings. The van der Waals surface area contributed by atoms with Crippen LogP contribution in [0.25, 0.3) is 0 Å². The molecule has 1 aliphatic heterocycles. The molecule has 0 aromatic heterocycles. The van der Waals surface area contributed by atoms with Crippen LogP contribution in [0.2, 0.25) is 0 Å². The summed E-state index contributed by atoms with van der Waals surface area (Å²) in [5.41, 5.74) is 2.93. The van der Waals surface area contributed by atoms with Crippen LogP contribution in [0.1, 0.15) is 36.8 Å². The van der Waals surface area contributed by atoms with Gasteiger partial charge in [0.15, 0.2) is 0 Å². The van der Waals surface area contributed by atoms with Crippen LogP contribution in [0.3, 0.4) is 0 Å². The topological polar surface area (TPSA) is 49.4 Å². The fraction of sp³-hybridized carbons (Fsp3) is 0.400. The van der Waals surface area contributed by atoms with Gasteiger partial charge in [-0.3, -0.25) is 4.72 Å². The van der Waals surface area contributed by atoms with Crippen molar-refractivity contribution in [2.24, 2.45) is 0 Å². The fourth-order valence-electron chi connectivity index (χ4n) is 3.38. The van der Waals surface area contributed by atoms with Crippen molar-refractivity contribution in [1.82, 2.24) is 4.90 Å². The van der Waals surface area contributed by atoms with Crippen LogP contribution in [-0.4, -0.2) is 33.0 Å². The second-order valence-corrected chi connectivity index (χ2v) is 8.51. The van der Waals surface area contributed by atoms with Gasteiger partial charge in [-0.1, -0.05) is 36.8 Å². The first-order valence-electron chi connectivity index (χ1n) is 8.90. The molecule has 1 atom stereocenters. The molecule has 0 saturated carbocycles. The lowest BCUT2D eigenvalue weighted by Gasteiger charge is -2.15. The van der Waals surface area contributed by atoms with Gasteiger partial charge in [0.25, 0.3) is 10.0 Å². The van der Waals surface area contributed by atoms with Gasteiger partial charge in [0.1, 0.15) is 0 Å². The third kappa shape index (κ3) is 4.41. The van der Waals surface area contributed by atoms with E-state index in [1.165, 1.54) is 18.4 Å². The summed E-state index contributed by atoms with van der Waals surface area (Å²) in [5, 5.41) is 0. The van der Waals surface area contributed by atoms with E-state index in [9.17, 15) is 8.42 Å². The Morgan fingerprint density at radius 2 is 1.76 bits per heavy atom. The minimum atomic E-state index is -3.54. The molecule has 2 aromatic rings. The lowest BCUT2D eigenvalue weighted by atomic mass is 9.98. The van der Waals surface area contributed by atoms with Gasteiger partial charge in [-0.15, -0.1) is 0 Å². The summed E-state index contributed by atoms with van der Waals surface area (Å²) in [6, 6.07) is 14.7. The highest BCUT2D eigenvalue weighted by Gasteiger charge is 2.23. The maximum Gasteiger partial charge on any atom is 0.261 e. The molecule has 1 heterocycles. The number of benzene rings is 2. The molecule has 25 heavy (non-hydrogen) atoms. The van der Waals surface area contributed by atoms with Crippen LogP contribution in [0.15, 0.2) is 53.4 Å². The van der Waals surface area contributed by atoms with Crippen molar-refractivity contribution in [3.63, 3.8) is 0 Å². The Hall–Kier alpha value is -1.85. The normalized spacial score (nSPS) is 18.4. The van der Waals surface area contributed by atoms with E-state index in [1.54, 1.807) is 24.3 Å². The summed E-state index contributed by atoms with van der Waals surface area (Å²) < 4.78 is 27.6. The van der Waals surface area contributed by atoms with Crippen molar-refractivity contribution >= 4 is 15.7 Å². The van der Waals surface area contributed by atoms with Crippen LogP contribution in [0.5, 0.6) is 0 Å². The van der Waals surface area contributed by atoms with Gasteiger partial charge in [0, 0.05) is 12.2 Å². The molecular weight excluding hydrogens is 332 g/mol. The molecule has 0 bridgehead atoms. The van der Waals surface area contributed by atoms with Crippen molar-refractivity contribution < 1.29 is 8.42 Å². The highest BCUT2D eigenvalue weighted by atomic mass is 32.2. The quantitative estimate of drug-likeness (QED) is 0.849. The van der Waals surface area contributed by atoms with E-state index in [2.05, 4.69) is 16.5 Å². The third-order valence-electron chi connectivity index (χ3n) is 4.78. The van der Waals surface area contributed by atoms with E-state index >= 15 is 0 Å². The predicted molar refractivity (Wildman–Crippen MR) is 103 cm³/mol. The second-order valence-electron chi connectivity index (χ2n) is 6.83. The van der Waals surface area contributed by atoms with Crippen LogP contribution in [0, 0.1) is 6.92 Å². The summed E-state index contributed by atoms with van der Waals surface area (Å²) >= 11 is 0. The Bertz CT molecular complexity index is 799. The molecule has 1 unspecified atom stereocenters. The van der Waals surface area contributed by atoms with Crippen molar-refractivity contribution in [3.05, 3.63) is 59.7 Å². The maximum atomic E-state index is 12.5. The van der Waals surface area contributed by atoms with Crippen molar-refractivity contribution in [3.8, 4) is 0 Å². The Morgan fingerprint density at radius 3 is 2.40 bits per heavy atom. The zero-order valence-corrected chi connectivity index (χ0v) is 15.7. The summed E-state index contributed by atoms with van der Waals surface area (Å²) in [6.07, 6.45) is 2.36. The molecule has 0 spiro atoms. The van der Waals surface area contributed by atoms with Crippen LogP contribution in [-0.2, 0) is 10.0 Å². The van der Waals surface area contributed by atoms with Gasteiger partial charge in [0.05, 0.1) is 4.90 Å². The lowest BCUT2D eigenvalue weighted by Crippen LogP contribution is -2.20. The molecule has 4 nitrogen and oxygen atoms in total.